The summed E-state index contributed by atoms with van der Waals surface area (Å²) >= 11 is 0. The molecule has 0 heterocycles. The monoisotopic (exact) mass is 338 g/mol. The van der Waals surface area contributed by atoms with Gasteiger partial charge in [0.15, 0.2) is 0 Å². The van der Waals surface area contributed by atoms with Gasteiger partial charge in [-0.05, 0) is 26.0 Å². The molecular formula is C17H22O7. The second kappa shape index (κ2) is 11.9. The Morgan fingerprint density at radius 1 is 0.958 bits per heavy atom. The van der Waals surface area contributed by atoms with Gasteiger partial charge in [0.05, 0.1) is 13.2 Å². The molecule has 0 atom stereocenters. The standard InChI is InChI=1S/C15H16O5.C2H6O2/c1-10(2)13(16)19-15(20-14(17)11(3)4)18-12-8-6-5-7-9-12;3-1-2-4/h5-9,15H,1,3H2,2,4H3;3-4H,1-2H2. The topological polar surface area (TPSA) is 102 Å². The minimum atomic E-state index is -1.49. The highest BCUT2D eigenvalue weighted by molar-refractivity contribution is 5.88. The summed E-state index contributed by atoms with van der Waals surface area (Å²) < 4.78 is 15.1. The Bertz CT molecular complexity index is 521. The molecule has 0 saturated carbocycles. The molecule has 0 aromatic heterocycles. The molecule has 1 aromatic rings. The number of ether oxygens (including phenoxy) is 3. The smallest absolute Gasteiger partial charge is 0.411 e. The van der Waals surface area contributed by atoms with Gasteiger partial charge >= 0.3 is 18.4 Å². The Morgan fingerprint density at radius 3 is 1.71 bits per heavy atom. The van der Waals surface area contributed by atoms with Crippen LogP contribution in [0.4, 0.5) is 0 Å². The zero-order valence-electron chi connectivity index (χ0n) is 13.7. The van der Waals surface area contributed by atoms with Crippen LogP contribution in [0.1, 0.15) is 13.8 Å². The molecule has 2 N–H and O–H groups in total. The summed E-state index contributed by atoms with van der Waals surface area (Å²) in [4.78, 5) is 23.0. The lowest BCUT2D eigenvalue weighted by Crippen LogP contribution is -2.30. The van der Waals surface area contributed by atoms with E-state index in [1.807, 2.05) is 0 Å². The third-order valence-electron chi connectivity index (χ3n) is 2.18. The van der Waals surface area contributed by atoms with Crippen molar-refractivity contribution in [2.24, 2.45) is 0 Å². The van der Waals surface area contributed by atoms with Crippen LogP contribution < -0.4 is 4.74 Å². The van der Waals surface area contributed by atoms with E-state index < -0.39 is 18.4 Å². The molecule has 24 heavy (non-hydrogen) atoms. The van der Waals surface area contributed by atoms with Gasteiger partial charge in [-0.25, -0.2) is 9.59 Å². The Balaban J connectivity index is 0.00000118. The fourth-order valence-corrected chi connectivity index (χ4v) is 1.06. The fraction of sp³-hybridized carbons (Fsp3) is 0.294. The van der Waals surface area contributed by atoms with Gasteiger partial charge in [0.25, 0.3) is 0 Å². The third-order valence-corrected chi connectivity index (χ3v) is 2.18. The van der Waals surface area contributed by atoms with Gasteiger partial charge in [-0.3, -0.25) is 0 Å². The highest BCUT2D eigenvalue weighted by Gasteiger charge is 2.21. The van der Waals surface area contributed by atoms with Crippen molar-refractivity contribution in [3.05, 3.63) is 54.6 Å². The van der Waals surface area contributed by atoms with E-state index in [-0.39, 0.29) is 24.4 Å². The van der Waals surface area contributed by atoms with Crippen LogP contribution in [0, 0.1) is 0 Å². The highest BCUT2D eigenvalue weighted by atomic mass is 16.9. The van der Waals surface area contributed by atoms with E-state index in [2.05, 4.69) is 13.2 Å². The molecule has 1 rings (SSSR count). The van der Waals surface area contributed by atoms with Crippen molar-refractivity contribution in [1.29, 1.82) is 0 Å². The second-order valence-electron chi connectivity index (χ2n) is 4.54. The van der Waals surface area contributed by atoms with Crippen molar-refractivity contribution >= 4 is 11.9 Å². The number of carbonyl (C=O) groups is 2. The van der Waals surface area contributed by atoms with Crippen LogP contribution in [-0.4, -0.2) is 41.8 Å². The average molecular weight is 338 g/mol. The Labute approximate surface area is 140 Å². The number of rotatable bonds is 7. The molecule has 0 spiro atoms. The van der Waals surface area contributed by atoms with Crippen molar-refractivity contribution in [1.82, 2.24) is 0 Å². The van der Waals surface area contributed by atoms with Gasteiger partial charge < -0.3 is 24.4 Å². The molecule has 0 saturated heterocycles. The van der Waals surface area contributed by atoms with Crippen LogP contribution in [0.15, 0.2) is 54.6 Å². The zero-order valence-corrected chi connectivity index (χ0v) is 13.7. The molecule has 0 unspecified atom stereocenters. The molecule has 0 amide bonds. The third kappa shape index (κ3) is 9.39. The highest BCUT2D eigenvalue weighted by Crippen LogP contribution is 2.14. The van der Waals surface area contributed by atoms with Crippen LogP contribution in [0.25, 0.3) is 0 Å². The summed E-state index contributed by atoms with van der Waals surface area (Å²) in [6, 6.07) is 8.52. The Morgan fingerprint density at radius 2 is 1.38 bits per heavy atom. The predicted molar refractivity (Wildman–Crippen MR) is 86.8 cm³/mol. The van der Waals surface area contributed by atoms with Crippen molar-refractivity contribution in [2.75, 3.05) is 13.2 Å². The molecule has 132 valence electrons. The molecule has 0 radical (unpaired) electrons. The van der Waals surface area contributed by atoms with Gasteiger partial charge in [-0.1, -0.05) is 31.4 Å². The van der Waals surface area contributed by atoms with E-state index in [1.54, 1.807) is 30.3 Å². The maximum absolute atomic E-state index is 11.5. The normalized spacial score (nSPS) is 9.38. The molecule has 0 fully saturated rings. The van der Waals surface area contributed by atoms with E-state index in [1.165, 1.54) is 13.8 Å². The van der Waals surface area contributed by atoms with Gasteiger partial charge in [-0.2, -0.15) is 0 Å². The number of para-hydroxylation sites is 1. The number of aliphatic hydroxyl groups excluding tert-OH is 2. The van der Waals surface area contributed by atoms with Crippen molar-refractivity contribution < 1.29 is 34.0 Å². The van der Waals surface area contributed by atoms with Crippen LogP contribution >= 0.6 is 0 Å². The lowest BCUT2D eigenvalue weighted by atomic mass is 10.3. The second-order valence-corrected chi connectivity index (χ2v) is 4.54. The van der Waals surface area contributed by atoms with Crippen molar-refractivity contribution in [3.8, 4) is 5.75 Å². The minimum Gasteiger partial charge on any atom is -0.423 e. The summed E-state index contributed by atoms with van der Waals surface area (Å²) in [6.45, 7) is 8.09. The van der Waals surface area contributed by atoms with Crippen LogP contribution in [0.3, 0.4) is 0 Å². The maximum atomic E-state index is 11.5. The number of hydrogen-bond donors (Lipinski definition) is 2. The largest absolute Gasteiger partial charge is 0.423 e. The lowest BCUT2D eigenvalue weighted by Gasteiger charge is -2.19. The summed E-state index contributed by atoms with van der Waals surface area (Å²) in [6.07, 6.45) is 0. The molecule has 0 aliphatic rings. The zero-order chi connectivity index (χ0) is 18.5. The van der Waals surface area contributed by atoms with Crippen LogP contribution in [0.2, 0.25) is 0 Å². The van der Waals surface area contributed by atoms with Gasteiger partial charge in [-0.15, -0.1) is 0 Å². The number of benzene rings is 1. The van der Waals surface area contributed by atoms with Gasteiger partial charge in [0.1, 0.15) is 5.75 Å². The first-order valence-electron chi connectivity index (χ1n) is 6.98. The summed E-state index contributed by atoms with van der Waals surface area (Å²) in [5, 5.41) is 15.2. The first kappa shape index (κ1) is 21.4. The quantitative estimate of drug-likeness (QED) is 0.442. The Hall–Kier alpha value is -2.64. The van der Waals surface area contributed by atoms with Gasteiger partial charge in [0, 0.05) is 11.1 Å². The van der Waals surface area contributed by atoms with E-state index in [0.717, 1.165) is 0 Å². The van der Waals surface area contributed by atoms with Gasteiger partial charge in [0.2, 0.25) is 0 Å². The van der Waals surface area contributed by atoms with E-state index >= 15 is 0 Å². The lowest BCUT2D eigenvalue weighted by molar-refractivity contribution is -0.230. The first-order valence-corrected chi connectivity index (χ1v) is 6.98. The minimum absolute atomic E-state index is 0.125. The molecule has 1 aromatic carbocycles. The average Bonchev–Trinajstić information content (AvgIpc) is 2.55. The first-order chi connectivity index (χ1) is 11.3. The summed E-state index contributed by atoms with van der Waals surface area (Å²) in [5.74, 6) is -1.05. The molecule has 7 heteroatoms. The fourth-order valence-electron chi connectivity index (χ4n) is 1.06. The van der Waals surface area contributed by atoms with Crippen LogP contribution in [0.5, 0.6) is 5.75 Å². The molecule has 0 bridgehead atoms. The van der Waals surface area contributed by atoms with E-state index in [9.17, 15) is 9.59 Å². The molecular weight excluding hydrogens is 316 g/mol. The predicted octanol–water partition coefficient (Wildman–Crippen LogP) is 1.56. The SMILES string of the molecule is C=C(C)C(=O)OC(OC(=O)C(=C)C)Oc1ccccc1.OCCO. The number of hydrogen-bond acceptors (Lipinski definition) is 7. The summed E-state index contributed by atoms with van der Waals surface area (Å²) in [7, 11) is 0. The van der Waals surface area contributed by atoms with Crippen molar-refractivity contribution in [2.45, 2.75) is 20.3 Å². The van der Waals surface area contributed by atoms with E-state index in [0.29, 0.717) is 5.75 Å². The maximum Gasteiger partial charge on any atom is 0.411 e. The van der Waals surface area contributed by atoms with E-state index in [4.69, 9.17) is 24.4 Å². The number of esters is 2. The summed E-state index contributed by atoms with van der Waals surface area (Å²) in [5.41, 5.74) is 0.330. The number of aliphatic hydroxyl groups is 2. The van der Waals surface area contributed by atoms with Crippen molar-refractivity contribution in [3.63, 3.8) is 0 Å². The molecule has 0 aliphatic heterocycles. The Kier molecular flexibility index (Phi) is 10.6. The number of carbonyl (C=O) groups excluding carboxylic acids is 2. The molecule has 7 nitrogen and oxygen atoms in total. The van der Waals surface area contributed by atoms with Crippen LogP contribution in [-0.2, 0) is 19.1 Å². The molecule has 0 aliphatic carbocycles.